The summed E-state index contributed by atoms with van der Waals surface area (Å²) >= 11 is 0. The third kappa shape index (κ3) is 58.5. The first kappa shape index (κ1) is 91.3. The van der Waals surface area contributed by atoms with Crippen LogP contribution in [0.4, 0.5) is 14.4 Å². The predicted molar refractivity (Wildman–Crippen MR) is 366 cm³/mol. The van der Waals surface area contributed by atoms with E-state index >= 15 is 0 Å². The molecule has 0 radical (unpaired) electrons. The van der Waals surface area contributed by atoms with Crippen LogP contribution in [-0.2, 0) is 31.4 Å². The molecule has 0 aliphatic heterocycles. The van der Waals surface area contributed by atoms with E-state index in [1.165, 1.54) is 18.5 Å². The lowest BCUT2D eigenvalue weighted by atomic mass is 10.3. The van der Waals surface area contributed by atoms with Crippen molar-refractivity contribution in [3.63, 3.8) is 0 Å². The summed E-state index contributed by atoms with van der Waals surface area (Å²) in [4.78, 5) is 56.4. The molecule has 0 aromatic carbocycles. The van der Waals surface area contributed by atoms with E-state index in [9.17, 15) is 19.2 Å². The van der Waals surface area contributed by atoms with Crippen molar-refractivity contribution in [2.45, 2.75) is 210 Å². The Morgan fingerprint density at radius 3 is 1.24 bits per heavy atom. The molecule has 0 aliphatic rings. The van der Waals surface area contributed by atoms with Crippen LogP contribution in [0.5, 0.6) is 0 Å². The fourth-order valence-electron chi connectivity index (χ4n) is 8.38. The average molecular weight is 1280 g/mol. The van der Waals surface area contributed by atoms with E-state index in [4.69, 9.17) is 32.3 Å². The number of hydrogen-bond acceptors (Lipinski definition) is 14. The second kappa shape index (κ2) is 54.5. The molecule has 0 unspecified atom stereocenters. The van der Waals surface area contributed by atoms with Crippen molar-refractivity contribution in [3.8, 4) is 0 Å². The monoisotopic (exact) mass is 1280 g/mol. The lowest BCUT2D eigenvalue weighted by molar-refractivity contribution is 0.174. The Labute approximate surface area is 511 Å². The number of amides is 6. The van der Waals surface area contributed by atoms with Crippen LogP contribution in [0, 0.1) is 0 Å². The number of rotatable bonds is 46. The number of hydrogen-bond donors (Lipinski definition) is 7. The van der Waals surface area contributed by atoms with Crippen LogP contribution in [0.2, 0.25) is 115 Å². The number of isocyanates is 1. The molecule has 6 amide bonds. The number of nitrogens with one attached hydrogen (secondary N) is 6. The van der Waals surface area contributed by atoms with E-state index in [0.29, 0.717) is 85.3 Å². The summed E-state index contributed by atoms with van der Waals surface area (Å²) < 4.78 is 34.8. The molecule has 0 atom stereocenters. The summed E-state index contributed by atoms with van der Waals surface area (Å²) in [5.74, 6) is 0. The van der Waals surface area contributed by atoms with Crippen LogP contribution in [0.3, 0.4) is 0 Å². The molecule has 0 saturated heterocycles. The van der Waals surface area contributed by atoms with Gasteiger partial charge in [0.15, 0.2) is 33.3 Å². The maximum absolute atomic E-state index is 13.5. The molecular formula is C56H136N10O10Si6. The third-order valence-electron chi connectivity index (χ3n) is 12.9. The van der Waals surface area contributed by atoms with Gasteiger partial charge >= 0.3 is 26.7 Å². The summed E-state index contributed by atoms with van der Waals surface area (Å²) in [5.41, 5.74) is 5.36. The number of nitrogens with zero attached hydrogens (tertiary/aromatic N) is 3. The number of carbonyl (C=O) groups excluding carboxylic acids is 4. The Hall–Kier alpha value is -1.87. The van der Waals surface area contributed by atoms with Gasteiger partial charge in [0.2, 0.25) is 6.08 Å². The van der Waals surface area contributed by atoms with Crippen molar-refractivity contribution in [1.82, 2.24) is 41.7 Å². The average Bonchev–Trinajstić information content (AvgIpc) is 3.35. The van der Waals surface area contributed by atoms with Crippen LogP contribution in [0.1, 0.15) is 95.4 Å². The van der Waals surface area contributed by atoms with Gasteiger partial charge in [-0.3, -0.25) is 0 Å². The topological polar surface area (TPSA) is 241 Å². The summed E-state index contributed by atoms with van der Waals surface area (Å²) in [5, 5.41) is 18.7. The summed E-state index contributed by atoms with van der Waals surface area (Å²) in [6.07, 6.45) is 7.06. The number of aliphatic imine (C=N–C) groups is 1. The molecule has 0 aromatic heterocycles. The first-order valence-electron chi connectivity index (χ1n) is 30.0. The van der Waals surface area contributed by atoms with Crippen molar-refractivity contribution in [2.75, 3.05) is 132 Å². The largest absolute Gasteiger partial charge is 0.420 e. The highest BCUT2D eigenvalue weighted by molar-refractivity contribution is 6.76. The third-order valence-corrected chi connectivity index (χ3v) is 28.4. The highest BCUT2D eigenvalue weighted by Gasteiger charge is 2.30. The van der Waals surface area contributed by atoms with Gasteiger partial charge in [-0.15, -0.1) is 0 Å². The highest BCUT2D eigenvalue weighted by atomic mass is 28.4. The van der Waals surface area contributed by atoms with E-state index in [2.05, 4.69) is 109 Å². The molecule has 0 saturated carbocycles. The molecule has 82 heavy (non-hydrogen) atoms. The zero-order chi connectivity index (χ0) is 60.7. The van der Waals surface area contributed by atoms with Gasteiger partial charge < -0.3 is 74.0 Å². The quantitative estimate of drug-likeness (QED) is 0.0130. The Kier molecular flexibility index (Phi) is 60.7. The Morgan fingerprint density at radius 2 is 0.841 bits per heavy atom. The van der Waals surface area contributed by atoms with E-state index in [1.54, 1.807) is 12.0 Å². The van der Waals surface area contributed by atoms with Gasteiger partial charge in [0.1, 0.15) is 0 Å². The molecule has 0 aliphatic carbocycles. The lowest BCUT2D eigenvalue weighted by Crippen LogP contribution is -2.50. The van der Waals surface area contributed by atoms with Gasteiger partial charge in [0, 0.05) is 127 Å². The molecule has 0 aromatic rings. The van der Waals surface area contributed by atoms with Crippen molar-refractivity contribution < 1.29 is 45.7 Å². The smallest absolute Gasteiger partial charge is 0.334 e. The normalized spacial score (nSPS) is 11.6. The van der Waals surface area contributed by atoms with Gasteiger partial charge in [-0.05, 0) is 169 Å². The van der Waals surface area contributed by atoms with Gasteiger partial charge in [-0.1, -0.05) is 48.0 Å². The summed E-state index contributed by atoms with van der Waals surface area (Å²) in [6.45, 7) is 49.4. The molecule has 0 fully saturated rings. The zero-order valence-corrected chi connectivity index (χ0v) is 59.9. The number of nitrogens with two attached hydrogens (primary N) is 1. The standard InChI is InChI=1S/C34H78N6O7Si4.C10H27N3Si.C9H19NO3Si.3CH4/c1-13-45-49(7,8)28-16-20-35-32(41)36-23-25-40(34(43)38-22-18-30-51(11,12)47-15-3)27-26-39(24-19-31-48(5,6)44-4)33(42)37-21-17-29-50(9,10)46-14-2;1-14(2,3)10-4-6-12-8-9-13-7-5-11;1-4-12-14(3,13-5-2)8-6-7-10-9-11;;;/h13-31H2,1-12H3,(H,37,42)(H,38,43)(H2,35,36,41);12-13H,4-11H2,1-3H3;4-8H2,1-3H3;3*1H4. The van der Waals surface area contributed by atoms with Crippen LogP contribution in [0.15, 0.2) is 4.99 Å². The van der Waals surface area contributed by atoms with Gasteiger partial charge in [0.05, 0.1) is 6.54 Å². The molecular weight excluding hydrogens is 1140 g/mol. The number of carbonyl (C=O) groups is 3. The minimum atomic E-state index is -1.99. The molecule has 0 bridgehead atoms. The van der Waals surface area contributed by atoms with Crippen LogP contribution < -0.4 is 37.6 Å². The first-order valence-corrected chi connectivity index (χ1v) is 48.7. The fourth-order valence-corrected chi connectivity index (χ4v) is 19.1. The van der Waals surface area contributed by atoms with Crippen molar-refractivity contribution in [3.05, 3.63) is 0 Å². The highest BCUT2D eigenvalue weighted by Crippen LogP contribution is 2.18. The first-order chi connectivity index (χ1) is 37.1. The van der Waals surface area contributed by atoms with Crippen molar-refractivity contribution in [1.29, 1.82) is 0 Å². The molecule has 494 valence electrons. The second-order valence-electron chi connectivity index (χ2n) is 23.6. The summed E-state index contributed by atoms with van der Waals surface area (Å²) in [6, 6.07) is 5.55. The number of urea groups is 3. The molecule has 0 rings (SSSR count). The maximum atomic E-state index is 13.5. The van der Waals surface area contributed by atoms with Gasteiger partial charge in [-0.25, -0.2) is 24.2 Å². The predicted octanol–water partition coefficient (Wildman–Crippen LogP) is 11.1. The molecule has 20 nitrogen and oxygen atoms in total. The van der Waals surface area contributed by atoms with E-state index < -0.39 is 49.9 Å². The minimum absolute atomic E-state index is 0. The maximum Gasteiger partial charge on any atom is 0.334 e. The molecule has 26 heteroatoms. The van der Waals surface area contributed by atoms with Gasteiger partial charge in [0.25, 0.3) is 0 Å². The van der Waals surface area contributed by atoms with E-state index in [1.807, 2.05) is 46.1 Å². The van der Waals surface area contributed by atoms with Crippen LogP contribution in [-0.4, -0.2) is 216 Å². The van der Waals surface area contributed by atoms with Crippen molar-refractivity contribution >= 4 is 74.1 Å². The Balaban J connectivity index is -0.000000379. The van der Waals surface area contributed by atoms with E-state index in [0.717, 1.165) is 102 Å². The SMILES string of the molecule is C.C.C.CCO[Si](C)(C)CCCNC(=O)NCCN(CCN(CCC[Si](C)(C)OC)C(=O)NCCC[Si](C)(C)OCC)C(=O)NCCC[Si](C)(C)OCC.CCO[Si](C)(CCCN=C=O)OCC.C[Si](C)(C)CCCNCCNCCN. The van der Waals surface area contributed by atoms with Crippen molar-refractivity contribution in [2.24, 2.45) is 10.7 Å². The fraction of sp³-hybridized carbons (Fsp3) is 0.929. The van der Waals surface area contributed by atoms with Gasteiger partial charge in [-0.2, -0.15) is 0 Å². The molecule has 8 N–H and O–H groups in total. The minimum Gasteiger partial charge on any atom is -0.420 e. The Bertz CT molecular complexity index is 1570. The molecule has 0 spiro atoms. The van der Waals surface area contributed by atoms with E-state index in [-0.39, 0.29) is 40.4 Å². The molecule has 0 heterocycles. The summed E-state index contributed by atoms with van der Waals surface area (Å²) in [7, 11) is -8.00. The van der Waals surface area contributed by atoms with Crippen LogP contribution >= 0.6 is 0 Å². The zero-order valence-electron chi connectivity index (χ0n) is 53.9. The van der Waals surface area contributed by atoms with Crippen LogP contribution in [0.25, 0.3) is 0 Å². The second-order valence-corrected chi connectivity index (χ2v) is 49.9. The lowest BCUT2D eigenvalue weighted by Gasteiger charge is -2.30. The Morgan fingerprint density at radius 1 is 0.451 bits per heavy atom.